The summed E-state index contributed by atoms with van der Waals surface area (Å²) in [6.45, 7) is 8.24. The summed E-state index contributed by atoms with van der Waals surface area (Å²) >= 11 is 1.81. The largest absolute Gasteiger partial charge is 0.358 e. The van der Waals surface area contributed by atoms with Crippen LogP contribution in [0.3, 0.4) is 0 Å². The lowest BCUT2D eigenvalue weighted by atomic mass is 10.1. The van der Waals surface area contributed by atoms with E-state index in [0.717, 1.165) is 51.2 Å². The quantitative estimate of drug-likeness (QED) is 0.232. The number of fused-ring (bicyclic) bond motifs is 2. The Morgan fingerprint density at radius 2 is 1.91 bits per heavy atom. The van der Waals surface area contributed by atoms with E-state index in [1.54, 1.807) is 6.20 Å². The lowest BCUT2D eigenvalue weighted by Gasteiger charge is -2.09. The van der Waals surface area contributed by atoms with Gasteiger partial charge in [0.15, 0.2) is 5.65 Å². The van der Waals surface area contributed by atoms with Crippen LogP contribution in [0.4, 0.5) is 5.69 Å². The summed E-state index contributed by atoms with van der Waals surface area (Å²) in [5, 5.41) is 13.1. The van der Waals surface area contributed by atoms with Crippen molar-refractivity contribution in [1.82, 2.24) is 25.1 Å². The molecule has 1 aromatic carbocycles. The maximum Gasteiger partial charge on any atom is 0.181 e. The monoisotopic (exact) mass is 476 g/mol. The van der Waals surface area contributed by atoms with Crippen LogP contribution in [-0.2, 0) is 0 Å². The van der Waals surface area contributed by atoms with Crippen molar-refractivity contribution < 1.29 is 0 Å². The number of pyridine rings is 2. The van der Waals surface area contributed by atoms with E-state index in [1.165, 1.54) is 20.7 Å². The molecule has 0 bridgehead atoms. The molecule has 6 nitrogen and oxygen atoms in total. The maximum atomic E-state index is 4.61. The highest BCUT2D eigenvalue weighted by molar-refractivity contribution is 7.15. The van der Waals surface area contributed by atoms with Crippen LogP contribution in [0.1, 0.15) is 18.2 Å². The first-order valence-corrected chi connectivity index (χ1v) is 12.3. The van der Waals surface area contributed by atoms with Gasteiger partial charge in [-0.2, -0.15) is 5.10 Å². The van der Waals surface area contributed by atoms with Crippen molar-refractivity contribution in [3.8, 4) is 33.0 Å². The van der Waals surface area contributed by atoms with Crippen molar-refractivity contribution in [3.63, 3.8) is 0 Å². The molecule has 0 saturated carbocycles. The number of hydrogen-bond acceptors (Lipinski definition) is 5. The first-order valence-electron chi connectivity index (χ1n) is 11.5. The van der Waals surface area contributed by atoms with Crippen molar-refractivity contribution in [2.24, 2.45) is 0 Å². The van der Waals surface area contributed by atoms with E-state index in [2.05, 4.69) is 99.4 Å². The Morgan fingerprint density at radius 3 is 2.74 bits per heavy atom. The van der Waals surface area contributed by atoms with E-state index in [1.807, 2.05) is 23.7 Å². The Hall–Kier alpha value is -4.23. The number of anilines is 1. The summed E-state index contributed by atoms with van der Waals surface area (Å²) in [6, 6.07) is 17.1. The molecule has 0 aliphatic carbocycles. The highest BCUT2D eigenvalue weighted by atomic mass is 32.1. The van der Waals surface area contributed by atoms with Crippen LogP contribution < -0.4 is 5.32 Å². The van der Waals surface area contributed by atoms with Crippen molar-refractivity contribution >= 4 is 39.0 Å². The lowest BCUT2D eigenvalue weighted by Crippen LogP contribution is -1.97. The standard InChI is InChI=1S/C28H24N6S/c1-4-16(2)31-20-10-18(13-29-15-20)19-11-23-27(33-34-28(23)30-14-19)25-12-22-21(6-5-7-24(22)32-25)26-9-8-17(3)35-26/h5-15,31-32H,2,4H2,1,3H3,(H,30,33,34). The number of hydrogen-bond donors (Lipinski definition) is 3. The minimum absolute atomic E-state index is 0.679. The molecule has 5 aromatic heterocycles. The second kappa shape index (κ2) is 8.52. The van der Waals surface area contributed by atoms with Gasteiger partial charge in [0, 0.05) is 60.8 Å². The molecular weight excluding hydrogens is 452 g/mol. The van der Waals surface area contributed by atoms with E-state index >= 15 is 0 Å². The van der Waals surface area contributed by atoms with Crippen LogP contribution in [0.15, 0.2) is 79.4 Å². The Morgan fingerprint density at radius 1 is 1.03 bits per heavy atom. The number of aromatic amines is 2. The molecule has 7 heteroatoms. The van der Waals surface area contributed by atoms with Crippen molar-refractivity contribution in [1.29, 1.82) is 0 Å². The predicted molar refractivity (Wildman–Crippen MR) is 146 cm³/mol. The average Bonchev–Trinajstić information content (AvgIpc) is 3.61. The molecule has 35 heavy (non-hydrogen) atoms. The number of aryl methyl sites for hydroxylation is 1. The molecule has 0 saturated heterocycles. The summed E-state index contributed by atoms with van der Waals surface area (Å²) in [5.41, 5.74) is 8.72. The summed E-state index contributed by atoms with van der Waals surface area (Å²) in [5.74, 6) is 0. The Labute approximate surface area is 206 Å². The SMILES string of the molecule is C=C(CC)Nc1cncc(-c2cnc3n[nH]c(-c4cc5c(-c6ccc(C)s6)cccc5[nH]4)c3c2)c1. The normalized spacial score (nSPS) is 11.4. The maximum absolute atomic E-state index is 4.61. The third-order valence-corrected chi connectivity index (χ3v) is 7.20. The second-order valence-corrected chi connectivity index (χ2v) is 9.89. The predicted octanol–water partition coefficient (Wildman–Crippen LogP) is 7.54. The minimum Gasteiger partial charge on any atom is -0.358 e. The van der Waals surface area contributed by atoms with Crippen molar-refractivity contribution in [2.75, 3.05) is 5.32 Å². The number of thiophene rings is 1. The van der Waals surface area contributed by atoms with E-state index in [9.17, 15) is 0 Å². The Bertz CT molecular complexity index is 1700. The van der Waals surface area contributed by atoms with E-state index in [0.29, 0.717) is 5.65 Å². The van der Waals surface area contributed by atoms with Crippen LogP contribution in [0.2, 0.25) is 0 Å². The molecule has 0 aliphatic rings. The van der Waals surface area contributed by atoms with Gasteiger partial charge in [-0.05, 0) is 49.7 Å². The second-order valence-electron chi connectivity index (χ2n) is 8.60. The van der Waals surface area contributed by atoms with E-state index in [-0.39, 0.29) is 0 Å². The molecule has 0 unspecified atom stereocenters. The molecule has 5 heterocycles. The number of H-pyrrole nitrogens is 2. The highest BCUT2D eigenvalue weighted by Gasteiger charge is 2.15. The summed E-state index contributed by atoms with van der Waals surface area (Å²) in [6.07, 6.45) is 6.34. The molecule has 0 spiro atoms. The fourth-order valence-electron chi connectivity index (χ4n) is 4.31. The zero-order valence-corrected chi connectivity index (χ0v) is 20.3. The zero-order chi connectivity index (χ0) is 23.9. The Balaban J connectivity index is 1.43. The first-order chi connectivity index (χ1) is 17.1. The molecular formula is C28H24N6S. The van der Waals surface area contributed by atoms with Crippen molar-refractivity contribution in [2.45, 2.75) is 20.3 Å². The van der Waals surface area contributed by atoms with Gasteiger partial charge >= 0.3 is 0 Å². The topological polar surface area (TPSA) is 82.3 Å². The fourth-order valence-corrected chi connectivity index (χ4v) is 5.21. The molecule has 6 rings (SSSR count). The van der Waals surface area contributed by atoms with Gasteiger partial charge < -0.3 is 10.3 Å². The van der Waals surface area contributed by atoms with E-state index in [4.69, 9.17) is 0 Å². The minimum atomic E-state index is 0.679. The molecule has 0 fully saturated rings. The average molecular weight is 477 g/mol. The van der Waals surface area contributed by atoms with Gasteiger partial charge in [0.1, 0.15) is 0 Å². The van der Waals surface area contributed by atoms with E-state index < -0.39 is 0 Å². The summed E-state index contributed by atoms with van der Waals surface area (Å²) in [7, 11) is 0. The zero-order valence-electron chi connectivity index (χ0n) is 19.5. The number of nitrogens with one attached hydrogen (secondary N) is 3. The van der Waals surface area contributed by atoms with Crippen LogP contribution in [-0.4, -0.2) is 25.1 Å². The van der Waals surface area contributed by atoms with Gasteiger partial charge in [-0.25, -0.2) is 4.98 Å². The molecule has 3 N–H and O–H groups in total. The smallest absolute Gasteiger partial charge is 0.181 e. The van der Waals surface area contributed by atoms with Gasteiger partial charge in [-0.15, -0.1) is 11.3 Å². The molecule has 0 aliphatic heterocycles. The summed E-state index contributed by atoms with van der Waals surface area (Å²) in [4.78, 5) is 15.2. The molecule has 6 aromatic rings. The van der Waals surface area contributed by atoms with Crippen LogP contribution >= 0.6 is 11.3 Å². The number of nitrogens with zero attached hydrogens (tertiary/aromatic N) is 3. The highest BCUT2D eigenvalue weighted by Crippen LogP contribution is 2.37. The van der Waals surface area contributed by atoms with Gasteiger partial charge in [0.2, 0.25) is 0 Å². The Kier molecular flexibility index (Phi) is 5.19. The molecule has 0 amide bonds. The summed E-state index contributed by atoms with van der Waals surface area (Å²) < 4.78 is 0. The molecule has 172 valence electrons. The fraction of sp³-hybridized carbons (Fsp3) is 0.107. The molecule has 0 atom stereocenters. The van der Waals surface area contributed by atoms with Gasteiger partial charge in [0.05, 0.1) is 23.3 Å². The number of rotatable bonds is 6. The van der Waals surface area contributed by atoms with Crippen molar-refractivity contribution in [3.05, 3.63) is 84.3 Å². The number of aromatic nitrogens is 5. The number of allylic oxidation sites excluding steroid dienone is 1. The molecule has 0 radical (unpaired) electrons. The lowest BCUT2D eigenvalue weighted by molar-refractivity contribution is 1.10. The van der Waals surface area contributed by atoms with Crippen LogP contribution in [0.25, 0.3) is 54.9 Å². The number of benzene rings is 1. The van der Waals surface area contributed by atoms with Gasteiger partial charge in [-0.1, -0.05) is 25.6 Å². The third kappa shape index (κ3) is 3.90. The van der Waals surface area contributed by atoms with Gasteiger partial charge in [0.25, 0.3) is 0 Å². The van der Waals surface area contributed by atoms with Crippen LogP contribution in [0.5, 0.6) is 0 Å². The third-order valence-electron chi connectivity index (χ3n) is 6.17. The van der Waals surface area contributed by atoms with Gasteiger partial charge in [-0.3, -0.25) is 10.1 Å². The first kappa shape index (κ1) is 21.3. The van der Waals surface area contributed by atoms with Crippen LogP contribution in [0, 0.1) is 6.92 Å².